The average molecular weight is 374 g/mol. The molecular weight excluding hydrogens is 353 g/mol. The first kappa shape index (κ1) is 18.8. The topological polar surface area (TPSA) is 70.7 Å². The molecule has 2 atom stereocenters. The van der Waals surface area contributed by atoms with Crippen molar-refractivity contribution in [3.63, 3.8) is 0 Å². The van der Waals surface area contributed by atoms with Crippen molar-refractivity contribution < 1.29 is 14.3 Å². The number of methoxy groups -OCH3 is 1. The van der Waals surface area contributed by atoms with Gasteiger partial charge in [-0.15, -0.1) is 12.4 Å². The maximum atomic E-state index is 12.4. The lowest BCUT2D eigenvalue weighted by molar-refractivity contribution is -0.126. The summed E-state index contributed by atoms with van der Waals surface area (Å²) in [5.74, 6) is 0.0846. The lowest BCUT2D eigenvalue weighted by Crippen LogP contribution is -2.40. The summed E-state index contributed by atoms with van der Waals surface area (Å²) in [7, 11) is 1.55. The molecular formula is C16H21Cl2N3O3. The summed E-state index contributed by atoms with van der Waals surface area (Å²) >= 11 is 6.03. The number of nitrogens with zero attached hydrogens (tertiary/aromatic N) is 1. The van der Waals surface area contributed by atoms with Crippen LogP contribution in [0.4, 0.5) is 5.69 Å². The number of nitrogens with one attached hydrogen (secondary N) is 2. The molecule has 0 radical (unpaired) electrons. The number of rotatable bonds is 4. The monoisotopic (exact) mass is 373 g/mol. The summed E-state index contributed by atoms with van der Waals surface area (Å²) < 4.78 is 5.30. The average Bonchev–Trinajstić information content (AvgIpc) is 3.16. The number of amides is 2. The minimum absolute atomic E-state index is 0. The van der Waals surface area contributed by atoms with Crippen molar-refractivity contribution in [3.05, 3.63) is 23.2 Å². The molecule has 0 spiro atoms. The van der Waals surface area contributed by atoms with E-state index in [1.807, 2.05) is 0 Å². The molecule has 2 fully saturated rings. The first-order valence-electron chi connectivity index (χ1n) is 7.73. The number of carbonyl (C=O) groups is 2. The third-order valence-corrected chi connectivity index (χ3v) is 4.57. The van der Waals surface area contributed by atoms with Gasteiger partial charge in [0.15, 0.2) is 0 Å². The zero-order chi connectivity index (χ0) is 16.4. The van der Waals surface area contributed by atoms with Crippen molar-refractivity contribution in [1.82, 2.24) is 10.6 Å². The summed E-state index contributed by atoms with van der Waals surface area (Å²) in [6.07, 6.45) is 1.14. The van der Waals surface area contributed by atoms with E-state index < -0.39 is 0 Å². The summed E-state index contributed by atoms with van der Waals surface area (Å²) in [5.41, 5.74) is 0.614. The number of hydrogen-bond donors (Lipinski definition) is 2. The summed E-state index contributed by atoms with van der Waals surface area (Å²) in [5, 5.41) is 6.75. The number of anilines is 1. The van der Waals surface area contributed by atoms with Crippen molar-refractivity contribution in [2.24, 2.45) is 5.92 Å². The predicted molar refractivity (Wildman–Crippen MR) is 95.1 cm³/mol. The van der Waals surface area contributed by atoms with Crippen LogP contribution >= 0.6 is 24.0 Å². The third kappa shape index (κ3) is 3.94. The van der Waals surface area contributed by atoms with Crippen LogP contribution in [0.1, 0.15) is 12.8 Å². The van der Waals surface area contributed by atoms with Crippen LogP contribution in [0.2, 0.25) is 5.02 Å². The van der Waals surface area contributed by atoms with E-state index in [1.165, 1.54) is 0 Å². The van der Waals surface area contributed by atoms with Gasteiger partial charge in [-0.3, -0.25) is 9.59 Å². The summed E-state index contributed by atoms with van der Waals surface area (Å²) in [6.45, 7) is 2.06. The van der Waals surface area contributed by atoms with Gasteiger partial charge in [-0.25, -0.2) is 0 Å². The SMILES string of the molecule is COc1ccc(Cl)cc1N1CC(C(=O)NC2CCNC2)CC1=O.Cl. The van der Waals surface area contributed by atoms with E-state index in [9.17, 15) is 9.59 Å². The van der Waals surface area contributed by atoms with Crippen LogP contribution in [0.5, 0.6) is 5.75 Å². The molecule has 0 saturated carbocycles. The lowest BCUT2D eigenvalue weighted by atomic mass is 10.1. The van der Waals surface area contributed by atoms with Crippen molar-refractivity contribution in [2.75, 3.05) is 31.6 Å². The second-order valence-electron chi connectivity index (χ2n) is 5.92. The van der Waals surface area contributed by atoms with E-state index in [1.54, 1.807) is 30.2 Å². The van der Waals surface area contributed by atoms with Gasteiger partial charge in [0, 0.05) is 30.6 Å². The standard InChI is InChI=1S/C16H20ClN3O3.ClH/c1-23-14-3-2-11(17)7-13(14)20-9-10(6-15(20)21)16(22)19-12-4-5-18-8-12;/h2-3,7,10,12,18H,4-6,8-9H2,1H3,(H,19,22);1H. The van der Waals surface area contributed by atoms with E-state index in [2.05, 4.69) is 10.6 Å². The minimum Gasteiger partial charge on any atom is -0.495 e. The van der Waals surface area contributed by atoms with Gasteiger partial charge in [0.1, 0.15) is 5.75 Å². The second kappa shape index (κ2) is 8.05. The quantitative estimate of drug-likeness (QED) is 0.840. The van der Waals surface area contributed by atoms with E-state index in [0.29, 0.717) is 23.0 Å². The molecule has 6 nitrogen and oxygen atoms in total. The third-order valence-electron chi connectivity index (χ3n) is 4.33. The Morgan fingerprint density at radius 3 is 2.92 bits per heavy atom. The van der Waals surface area contributed by atoms with Crippen molar-refractivity contribution in [1.29, 1.82) is 0 Å². The second-order valence-corrected chi connectivity index (χ2v) is 6.36. The molecule has 1 aromatic carbocycles. The molecule has 0 aliphatic carbocycles. The van der Waals surface area contributed by atoms with Crippen molar-refractivity contribution >= 4 is 41.5 Å². The lowest BCUT2D eigenvalue weighted by Gasteiger charge is -2.20. The van der Waals surface area contributed by atoms with Gasteiger partial charge >= 0.3 is 0 Å². The highest BCUT2D eigenvalue weighted by Crippen LogP contribution is 2.35. The Hall–Kier alpha value is -1.50. The number of ether oxygens (including phenoxy) is 1. The molecule has 8 heteroatoms. The fourth-order valence-corrected chi connectivity index (χ4v) is 3.25. The van der Waals surface area contributed by atoms with Crippen LogP contribution < -0.4 is 20.3 Å². The maximum absolute atomic E-state index is 12.4. The Morgan fingerprint density at radius 1 is 1.46 bits per heavy atom. The first-order valence-corrected chi connectivity index (χ1v) is 8.11. The number of carbonyl (C=O) groups excluding carboxylic acids is 2. The van der Waals surface area contributed by atoms with Gasteiger partial charge in [0.25, 0.3) is 0 Å². The van der Waals surface area contributed by atoms with E-state index in [-0.39, 0.29) is 42.6 Å². The maximum Gasteiger partial charge on any atom is 0.227 e. The van der Waals surface area contributed by atoms with Crippen molar-refractivity contribution in [2.45, 2.75) is 18.9 Å². The van der Waals surface area contributed by atoms with Crippen molar-refractivity contribution in [3.8, 4) is 5.75 Å². The highest BCUT2D eigenvalue weighted by atomic mass is 35.5. The van der Waals surface area contributed by atoms with E-state index >= 15 is 0 Å². The van der Waals surface area contributed by atoms with Gasteiger partial charge in [-0.2, -0.15) is 0 Å². The van der Waals surface area contributed by atoms with Crippen LogP contribution in [0.3, 0.4) is 0 Å². The molecule has 132 valence electrons. The molecule has 1 aromatic rings. The Bertz CT molecular complexity index is 621. The molecule has 3 rings (SSSR count). The molecule has 2 aliphatic rings. The smallest absolute Gasteiger partial charge is 0.227 e. The molecule has 2 saturated heterocycles. The zero-order valence-electron chi connectivity index (χ0n) is 13.4. The zero-order valence-corrected chi connectivity index (χ0v) is 15.0. The molecule has 2 N–H and O–H groups in total. The largest absolute Gasteiger partial charge is 0.495 e. The van der Waals surface area contributed by atoms with Gasteiger partial charge in [-0.1, -0.05) is 11.6 Å². The molecule has 2 amide bonds. The Kier molecular flexibility index (Phi) is 6.32. The van der Waals surface area contributed by atoms with Crippen LogP contribution in [0.15, 0.2) is 18.2 Å². The molecule has 2 unspecified atom stereocenters. The van der Waals surface area contributed by atoms with Crippen LogP contribution in [0.25, 0.3) is 0 Å². The predicted octanol–water partition coefficient (Wildman–Crippen LogP) is 1.60. The van der Waals surface area contributed by atoms with Gasteiger partial charge in [0.05, 0.1) is 18.7 Å². The van der Waals surface area contributed by atoms with Gasteiger partial charge in [-0.05, 0) is 31.2 Å². The summed E-state index contributed by atoms with van der Waals surface area (Å²) in [6, 6.07) is 5.29. The number of benzene rings is 1. The highest BCUT2D eigenvalue weighted by Gasteiger charge is 2.37. The molecule has 0 bridgehead atoms. The summed E-state index contributed by atoms with van der Waals surface area (Å²) in [4.78, 5) is 26.3. The first-order chi connectivity index (χ1) is 11.1. The Balaban J connectivity index is 0.00000208. The Morgan fingerprint density at radius 2 is 2.25 bits per heavy atom. The van der Waals surface area contributed by atoms with Crippen LogP contribution in [-0.2, 0) is 9.59 Å². The fourth-order valence-electron chi connectivity index (χ4n) is 3.09. The minimum atomic E-state index is -0.341. The Labute approximate surface area is 152 Å². The number of halogens is 2. The molecule has 2 heterocycles. The van der Waals surface area contributed by atoms with Gasteiger partial charge < -0.3 is 20.3 Å². The molecule has 24 heavy (non-hydrogen) atoms. The highest BCUT2D eigenvalue weighted by molar-refractivity contribution is 6.31. The molecule has 0 aromatic heterocycles. The van der Waals surface area contributed by atoms with Crippen LogP contribution in [-0.4, -0.2) is 44.6 Å². The van der Waals surface area contributed by atoms with Crippen LogP contribution in [0, 0.1) is 5.92 Å². The van der Waals surface area contributed by atoms with Gasteiger partial charge in [0.2, 0.25) is 11.8 Å². The normalized spacial score (nSPS) is 23.1. The number of hydrogen-bond acceptors (Lipinski definition) is 4. The fraction of sp³-hybridized carbons (Fsp3) is 0.500. The molecule has 2 aliphatic heterocycles. The van der Waals surface area contributed by atoms with E-state index in [0.717, 1.165) is 19.5 Å². The van der Waals surface area contributed by atoms with E-state index in [4.69, 9.17) is 16.3 Å².